The molecule has 94 valence electrons. The maximum atomic E-state index is 11.8. The van der Waals surface area contributed by atoms with E-state index in [-0.39, 0.29) is 17.5 Å². The molecule has 0 aliphatic heterocycles. The molecule has 0 saturated carbocycles. The summed E-state index contributed by atoms with van der Waals surface area (Å²) in [6, 6.07) is 9.88. The Morgan fingerprint density at radius 2 is 1.82 bits per heavy atom. The molecule has 3 heteroatoms. The topological polar surface area (TPSA) is 41.1 Å². The predicted molar refractivity (Wildman–Crippen MR) is 70.6 cm³/mol. The number of nitrogens with one attached hydrogen (secondary N) is 2. The Balaban J connectivity index is 2.40. The normalized spacial score (nSPS) is 13.2. The van der Waals surface area contributed by atoms with Crippen molar-refractivity contribution in [3.8, 4) is 0 Å². The van der Waals surface area contributed by atoms with Crippen LogP contribution in [0.5, 0.6) is 0 Å². The van der Waals surface area contributed by atoms with Crippen LogP contribution < -0.4 is 10.6 Å². The van der Waals surface area contributed by atoms with Gasteiger partial charge < -0.3 is 10.6 Å². The Kier molecular flexibility index (Phi) is 4.70. The van der Waals surface area contributed by atoms with Crippen molar-refractivity contribution in [2.75, 3.05) is 0 Å². The summed E-state index contributed by atoms with van der Waals surface area (Å²) in [6.07, 6.45) is 0. The molecule has 1 atom stereocenters. The number of carbonyl (C=O) groups excluding carboxylic acids is 1. The zero-order valence-corrected chi connectivity index (χ0v) is 11.1. The number of benzene rings is 1. The third-order valence-corrected chi connectivity index (χ3v) is 2.35. The molecule has 1 amide bonds. The largest absolute Gasteiger partial charge is 0.350 e. The van der Waals surface area contributed by atoms with Gasteiger partial charge in [-0.1, -0.05) is 30.3 Å². The van der Waals surface area contributed by atoms with Gasteiger partial charge in [-0.3, -0.25) is 4.79 Å². The summed E-state index contributed by atoms with van der Waals surface area (Å²) in [6.45, 7) is 8.53. The molecule has 0 aromatic heterocycles. The molecule has 1 rings (SSSR count). The first-order valence-corrected chi connectivity index (χ1v) is 5.98. The van der Waals surface area contributed by atoms with E-state index in [1.807, 2.05) is 58.0 Å². The van der Waals surface area contributed by atoms with Gasteiger partial charge in [0.1, 0.15) is 0 Å². The smallest absolute Gasteiger partial charge is 0.237 e. The van der Waals surface area contributed by atoms with Crippen molar-refractivity contribution in [3.05, 3.63) is 35.9 Å². The minimum atomic E-state index is -0.186. The van der Waals surface area contributed by atoms with Gasteiger partial charge in [0.15, 0.2) is 0 Å². The minimum absolute atomic E-state index is 0.0356. The highest BCUT2D eigenvalue weighted by Gasteiger charge is 2.18. The number of carbonyl (C=O) groups is 1. The molecule has 1 aromatic rings. The monoisotopic (exact) mass is 234 g/mol. The van der Waals surface area contributed by atoms with Gasteiger partial charge in [0.25, 0.3) is 0 Å². The molecule has 0 saturated heterocycles. The highest BCUT2D eigenvalue weighted by Crippen LogP contribution is 2.01. The van der Waals surface area contributed by atoms with Gasteiger partial charge in [-0.05, 0) is 33.3 Å². The van der Waals surface area contributed by atoms with Gasteiger partial charge in [0, 0.05) is 12.1 Å². The van der Waals surface area contributed by atoms with Crippen LogP contribution >= 0.6 is 0 Å². The Morgan fingerprint density at radius 3 is 2.35 bits per heavy atom. The fourth-order valence-corrected chi connectivity index (χ4v) is 1.44. The van der Waals surface area contributed by atoms with Crippen LogP contribution in [0.3, 0.4) is 0 Å². The second-order valence-electron chi connectivity index (χ2n) is 5.33. The van der Waals surface area contributed by atoms with Crippen molar-refractivity contribution in [1.29, 1.82) is 0 Å². The lowest BCUT2D eigenvalue weighted by atomic mass is 10.1. The maximum Gasteiger partial charge on any atom is 0.237 e. The van der Waals surface area contributed by atoms with E-state index in [1.165, 1.54) is 5.56 Å². The van der Waals surface area contributed by atoms with Crippen LogP contribution in [0.2, 0.25) is 0 Å². The SMILES string of the molecule is C[C@H](NCc1ccccc1)C(=O)NC(C)(C)C. The summed E-state index contributed by atoms with van der Waals surface area (Å²) >= 11 is 0. The van der Waals surface area contributed by atoms with Crippen LogP contribution in [0, 0.1) is 0 Å². The lowest BCUT2D eigenvalue weighted by Gasteiger charge is -2.23. The van der Waals surface area contributed by atoms with Crippen LogP contribution in [-0.4, -0.2) is 17.5 Å². The van der Waals surface area contributed by atoms with Crippen molar-refractivity contribution < 1.29 is 4.79 Å². The van der Waals surface area contributed by atoms with Gasteiger partial charge in [-0.15, -0.1) is 0 Å². The summed E-state index contributed by atoms with van der Waals surface area (Å²) < 4.78 is 0. The Hall–Kier alpha value is -1.35. The fraction of sp³-hybridized carbons (Fsp3) is 0.500. The highest BCUT2D eigenvalue weighted by atomic mass is 16.2. The van der Waals surface area contributed by atoms with Crippen LogP contribution in [0.4, 0.5) is 0 Å². The molecule has 0 radical (unpaired) electrons. The molecule has 3 nitrogen and oxygen atoms in total. The summed E-state index contributed by atoms with van der Waals surface area (Å²) in [5.41, 5.74) is 1.00. The quantitative estimate of drug-likeness (QED) is 0.837. The minimum Gasteiger partial charge on any atom is -0.350 e. The molecule has 1 aromatic carbocycles. The lowest BCUT2D eigenvalue weighted by molar-refractivity contribution is -0.124. The van der Waals surface area contributed by atoms with Crippen LogP contribution in [0.1, 0.15) is 33.3 Å². The van der Waals surface area contributed by atoms with Gasteiger partial charge in [-0.25, -0.2) is 0 Å². The second-order valence-corrected chi connectivity index (χ2v) is 5.33. The van der Waals surface area contributed by atoms with E-state index in [0.29, 0.717) is 6.54 Å². The van der Waals surface area contributed by atoms with Gasteiger partial charge in [0.05, 0.1) is 6.04 Å². The summed E-state index contributed by atoms with van der Waals surface area (Å²) in [5.74, 6) is 0.0356. The average Bonchev–Trinajstić information content (AvgIpc) is 2.25. The summed E-state index contributed by atoms with van der Waals surface area (Å²) in [7, 11) is 0. The van der Waals surface area contributed by atoms with E-state index in [9.17, 15) is 4.79 Å². The van der Waals surface area contributed by atoms with Crippen LogP contribution in [0.25, 0.3) is 0 Å². The molecule has 0 aliphatic rings. The summed E-state index contributed by atoms with van der Waals surface area (Å²) in [5, 5.41) is 6.16. The van der Waals surface area contributed by atoms with Crippen LogP contribution in [-0.2, 0) is 11.3 Å². The highest BCUT2D eigenvalue weighted by molar-refractivity contribution is 5.81. The standard InChI is InChI=1S/C14H22N2O/c1-11(13(17)16-14(2,3)4)15-10-12-8-6-5-7-9-12/h5-9,11,15H,10H2,1-4H3,(H,16,17)/t11-/m0/s1. The maximum absolute atomic E-state index is 11.8. The Labute approximate surface area is 104 Å². The molecule has 17 heavy (non-hydrogen) atoms. The third-order valence-electron chi connectivity index (χ3n) is 2.35. The molecule has 2 N–H and O–H groups in total. The van der Waals surface area contributed by atoms with Gasteiger partial charge >= 0.3 is 0 Å². The fourth-order valence-electron chi connectivity index (χ4n) is 1.44. The van der Waals surface area contributed by atoms with Crippen LogP contribution in [0.15, 0.2) is 30.3 Å². The van der Waals surface area contributed by atoms with Crippen molar-refractivity contribution in [2.45, 2.75) is 45.8 Å². The van der Waals surface area contributed by atoms with E-state index in [4.69, 9.17) is 0 Å². The molecule has 0 spiro atoms. The van der Waals surface area contributed by atoms with Crippen molar-refractivity contribution in [3.63, 3.8) is 0 Å². The second kappa shape index (κ2) is 5.82. The molecule has 0 heterocycles. The first-order valence-electron chi connectivity index (χ1n) is 5.98. The predicted octanol–water partition coefficient (Wildman–Crippen LogP) is 2.08. The molecular weight excluding hydrogens is 212 g/mol. The van der Waals surface area contributed by atoms with Crippen molar-refractivity contribution in [1.82, 2.24) is 10.6 Å². The van der Waals surface area contributed by atoms with E-state index in [2.05, 4.69) is 10.6 Å². The molecule has 0 fully saturated rings. The molecule has 0 bridgehead atoms. The van der Waals surface area contributed by atoms with Gasteiger partial charge in [0.2, 0.25) is 5.91 Å². The zero-order valence-electron chi connectivity index (χ0n) is 11.1. The van der Waals surface area contributed by atoms with Gasteiger partial charge in [-0.2, -0.15) is 0 Å². The molecule has 0 unspecified atom stereocenters. The number of hydrogen-bond donors (Lipinski definition) is 2. The Morgan fingerprint density at radius 1 is 1.24 bits per heavy atom. The van der Waals surface area contributed by atoms with E-state index >= 15 is 0 Å². The van der Waals surface area contributed by atoms with Crippen molar-refractivity contribution in [2.24, 2.45) is 0 Å². The Bertz CT molecular complexity index is 354. The number of rotatable bonds is 4. The number of amides is 1. The zero-order chi connectivity index (χ0) is 12.9. The van der Waals surface area contributed by atoms with E-state index in [1.54, 1.807) is 0 Å². The first kappa shape index (κ1) is 13.7. The first-order chi connectivity index (χ1) is 7.88. The average molecular weight is 234 g/mol. The van der Waals surface area contributed by atoms with E-state index in [0.717, 1.165) is 0 Å². The lowest BCUT2D eigenvalue weighted by Crippen LogP contribution is -2.49. The molecular formula is C14H22N2O. The van der Waals surface area contributed by atoms with Crippen molar-refractivity contribution >= 4 is 5.91 Å². The number of hydrogen-bond acceptors (Lipinski definition) is 2. The molecule has 0 aliphatic carbocycles. The summed E-state index contributed by atoms with van der Waals surface area (Å²) in [4.78, 5) is 11.8. The third kappa shape index (κ3) is 5.50. The van der Waals surface area contributed by atoms with E-state index < -0.39 is 0 Å².